The van der Waals surface area contributed by atoms with Gasteiger partial charge in [-0.25, -0.2) is 0 Å². The van der Waals surface area contributed by atoms with E-state index in [4.69, 9.17) is 46.4 Å². The summed E-state index contributed by atoms with van der Waals surface area (Å²) >= 11 is 16.3. The topological polar surface area (TPSA) is 49.8 Å². The second-order valence-electron chi connectivity index (χ2n) is 2.71. The fraction of sp³-hybridized carbons (Fsp3) is 0. The third-order valence-corrected chi connectivity index (χ3v) is 2.60. The molecule has 1 aromatic carbocycles. The Bertz CT molecular complexity index is 475. The summed E-state index contributed by atoms with van der Waals surface area (Å²) in [6, 6.07) is 6.91. The van der Waals surface area contributed by atoms with Gasteiger partial charge in [-0.3, -0.25) is 0 Å². The van der Waals surface area contributed by atoms with Gasteiger partial charge in [0.25, 0.3) is 0 Å². The van der Waals surface area contributed by atoms with E-state index in [-0.39, 0.29) is 10.6 Å². The molecule has 0 unspecified atom stereocenters. The lowest BCUT2D eigenvalue weighted by Crippen LogP contribution is -2.09. The highest BCUT2D eigenvalue weighted by Crippen LogP contribution is 2.23. The SMILES string of the molecule is N#C/C(=C\c1ccc(Cl)c(Cl)c1)C(N)=S. The minimum atomic E-state index is 0.0589. The van der Waals surface area contributed by atoms with Gasteiger partial charge in [-0.15, -0.1) is 0 Å². The molecule has 0 saturated heterocycles. The third-order valence-electron chi connectivity index (χ3n) is 1.64. The predicted octanol–water partition coefficient (Wildman–Crippen LogP) is 3.19. The van der Waals surface area contributed by atoms with Gasteiger partial charge in [0, 0.05) is 0 Å². The van der Waals surface area contributed by atoms with Crippen molar-refractivity contribution in [2.75, 3.05) is 0 Å². The maximum Gasteiger partial charge on any atom is 0.114 e. The summed E-state index contributed by atoms with van der Waals surface area (Å²) in [4.78, 5) is 0.0589. The van der Waals surface area contributed by atoms with Crippen LogP contribution in [0.1, 0.15) is 5.56 Å². The zero-order valence-electron chi connectivity index (χ0n) is 7.50. The van der Waals surface area contributed by atoms with Crippen LogP contribution >= 0.6 is 35.4 Å². The molecule has 0 spiro atoms. The van der Waals surface area contributed by atoms with Crippen LogP contribution in [0.3, 0.4) is 0 Å². The summed E-state index contributed by atoms with van der Waals surface area (Å²) in [7, 11) is 0. The maximum absolute atomic E-state index is 8.74. The molecule has 1 aromatic rings. The molecule has 0 aliphatic heterocycles. The van der Waals surface area contributed by atoms with E-state index in [1.807, 2.05) is 6.07 Å². The second-order valence-corrected chi connectivity index (χ2v) is 3.96. The summed E-state index contributed by atoms with van der Waals surface area (Å²) in [5.41, 5.74) is 6.31. The van der Waals surface area contributed by atoms with Gasteiger partial charge >= 0.3 is 0 Å². The van der Waals surface area contributed by atoms with E-state index in [2.05, 4.69) is 0 Å². The lowest BCUT2D eigenvalue weighted by atomic mass is 10.1. The van der Waals surface area contributed by atoms with Crippen molar-refractivity contribution in [3.05, 3.63) is 39.4 Å². The van der Waals surface area contributed by atoms with Gasteiger partial charge in [-0.2, -0.15) is 5.26 Å². The molecule has 76 valence electrons. The van der Waals surface area contributed by atoms with E-state index in [0.717, 1.165) is 5.56 Å². The summed E-state index contributed by atoms with van der Waals surface area (Å²) in [6.45, 7) is 0. The molecule has 0 aliphatic carbocycles. The van der Waals surface area contributed by atoms with Crippen molar-refractivity contribution in [3.8, 4) is 6.07 Å². The molecule has 1 rings (SSSR count). The minimum absolute atomic E-state index is 0.0589. The Kier molecular flexibility index (Phi) is 4.10. The first kappa shape index (κ1) is 12.0. The molecular formula is C10H6Cl2N2S. The Morgan fingerprint density at radius 1 is 1.40 bits per heavy atom. The van der Waals surface area contributed by atoms with Gasteiger partial charge in [0.2, 0.25) is 0 Å². The predicted molar refractivity (Wildman–Crippen MR) is 66.8 cm³/mol. The van der Waals surface area contributed by atoms with E-state index in [1.54, 1.807) is 24.3 Å². The number of nitrogens with zero attached hydrogens (tertiary/aromatic N) is 1. The molecule has 5 heteroatoms. The van der Waals surface area contributed by atoms with E-state index >= 15 is 0 Å². The number of hydrogen-bond donors (Lipinski definition) is 1. The molecule has 0 aliphatic rings. The van der Waals surface area contributed by atoms with E-state index < -0.39 is 0 Å². The number of nitriles is 1. The van der Waals surface area contributed by atoms with Gasteiger partial charge < -0.3 is 5.73 Å². The average molecular weight is 257 g/mol. The normalized spacial score (nSPS) is 10.9. The lowest BCUT2D eigenvalue weighted by Gasteiger charge is -1.99. The minimum Gasteiger partial charge on any atom is -0.389 e. The maximum atomic E-state index is 8.74. The molecule has 0 aromatic heterocycles. The fourth-order valence-electron chi connectivity index (χ4n) is 0.927. The van der Waals surface area contributed by atoms with Crippen LogP contribution in [-0.4, -0.2) is 4.99 Å². The first-order valence-electron chi connectivity index (χ1n) is 3.91. The van der Waals surface area contributed by atoms with Gasteiger partial charge in [-0.1, -0.05) is 41.5 Å². The van der Waals surface area contributed by atoms with Crippen molar-refractivity contribution in [3.63, 3.8) is 0 Å². The van der Waals surface area contributed by atoms with Crippen LogP contribution < -0.4 is 5.73 Å². The van der Waals surface area contributed by atoms with E-state index in [0.29, 0.717) is 10.0 Å². The highest BCUT2D eigenvalue weighted by atomic mass is 35.5. The molecule has 0 heterocycles. The Morgan fingerprint density at radius 3 is 2.53 bits per heavy atom. The number of rotatable bonds is 2. The second kappa shape index (κ2) is 5.13. The highest BCUT2D eigenvalue weighted by molar-refractivity contribution is 7.80. The van der Waals surface area contributed by atoms with Crippen molar-refractivity contribution in [1.82, 2.24) is 0 Å². The molecule has 0 saturated carbocycles. The van der Waals surface area contributed by atoms with Crippen LogP contribution in [0.2, 0.25) is 10.0 Å². The first-order chi connectivity index (χ1) is 7.04. The Morgan fingerprint density at radius 2 is 2.07 bits per heavy atom. The molecule has 2 nitrogen and oxygen atoms in total. The zero-order chi connectivity index (χ0) is 11.4. The lowest BCUT2D eigenvalue weighted by molar-refractivity contribution is 1.51. The van der Waals surface area contributed by atoms with Crippen LogP contribution in [0.25, 0.3) is 6.08 Å². The fourth-order valence-corrected chi connectivity index (χ4v) is 1.34. The van der Waals surface area contributed by atoms with Crippen molar-refractivity contribution in [2.45, 2.75) is 0 Å². The van der Waals surface area contributed by atoms with Crippen molar-refractivity contribution >= 4 is 46.5 Å². The zero-order valence-corrected chi connectivity index (χ0v) is 9.83. The average Bonchev–Trinajstić information content (AvgIpc) is 2.19. The first-order valence-corrected chi connectivity index (χ1v) is 5.07. The highest BCUT2D eigenvalue weighted by Gasteiger charge is 2.01. The van der Waals surface area contributed by atoms with Crippen LogP contribution in [-0.2, 0) is 0 Å². The van der Waals surface area contributed by atoms with Crippen LogP contribution in [0.4, 0.5) is 0 Å². The van der Waals surface area contributed by atoms with E-state index in [1.165, 1.54) is 0 Å². The van der Waals surface area contributed by atoms with Gasteiger partial charge in [0.1, 0.15) is 11.1 Å². The van der Waals surface area contributed by atoms with Gasteiger partial charge in [0.15, 0.2) is 0 Å². The summed E-state index contributed by atoms with van der Waals surface area (Å²) in [5, 5.41) is 9.62. The van der Waals surface area contributed by atoms with Crippen LogP contribution in [0, 0.1) is 11.3 Å². The number of hydrogen-bond acceptors (Lipinski definition) is 2. The Balaban J connectivity index is 3.14. The van der Waals surface area contributed by atoms with Crippen molar-refractivity contribution in [2.24, 2.45) is 5.73 Å². The number of benzene rings is 1. The molecule has 2 N–H and O–H groups in total. The molecule has 0 atom stereocenters. The van der Waals surface area contributed by atoms with Gasteiger partial charge in [0.05, 0.1) is 15.6 Å². The molecule has 15 heavy (non-hydrogen) atoms. The quantitative estimate of drug-likeness (QED) is 0.503. The molecule has 0 amide bonds. The standard InChI is InChI=1S/C10H6Cl2N2S/c11-8-2-1-6(4-9(8)12)3-7(5-13)10(14)15/h1-4H,(H2,14,15)/b7-3+. The van der Waals surface area contributed by atoms with Gasteiger partial charge in [-0.05, 0) is 23.8 Å². The van der Waals surface area contributed by atoms with Crippen molar-refractivity contribution in [1.29, 1.82) is 5.26 Å². The Labute approximate surface area is 103 Å². The largest absolute Gasteiger partial charge is 0.389 e. The van der Waals surface area contributed by atoms with Crippen LogP contribution in [0.5, 0.6) is 0 Å². The number of halogens is 2. The monoisotopic (exact) mass is 256 g/mol. The smallest absolute Gasteiger partial charge is 0.114 e. The molecule has 0 fully saturated rings. The van der Waals surface area contributed by atoms with Crippen LogP contribution in [0.15, 0.2) is 23.8 Å². The van der Waals surface area contributed by atoms with Crippen molar-refractivity contribution < 1.29 is 0 Å². The molecular weight excluding hydrogens is 251 g/mol. The number of thiocarbonyl (C=S) groups is 1. The number of nitrogens with two attached hydrogens (primary N) is 1. The summed E-state index contributed by atoms with van der Waals surface area (Å²) in [6.07, 6.45) is 1.56. The van der Waals surface area contributed by atoms with E-state index in [9.17, 15) is 0 Å². The molecule has 0 bridgehead atoms. The summed E-state index contributed by atoms with van der Waals surface area (Å²) < 4.78 is 0. The Hall–Kier alpha value is -1.08. The summed E-state index contributed by atoms with van der Waals surface area (Å²) in [5.74, 6) is 0. The third kappa shape index (κ3) is 3.21. The molecule has 0 radical (unpaired) electrons.